The monoisotopic (exact) mass is 470 g/mol. The van der Waals surface area contributed by atoms with Crippen molar-refractivity contribution in [1.29, 1.82) is 0 Å². The molecule has 7 heteroatoms. The van der Waals surface area contributed by atoms with Crippen molar-refractivity contribution in [1.82, 2.24) is 20.0 Å². The van der Waals surface area contributed by atoms with Crippen LogP contribution in [0.3, 0.4) is 0 Å². The predicted molar refractivity (Wildman–Crippen MR) is 135 cm³/mol. The second-order valence-electron chi connectivity index (χ2n) is 9.91. The summed E-state index contributed by atoms with van der Waals surface area (Å²) in [7, 11) is 0. The molecule has 1 saturated heterocycles. The summed E-state index contributed by atoms with van der Waals surface area (Å²) < 4.78 is 0. The van der Waals surface area contributed by atoms with Gasteiger partial charge in [0.05, 0.1) is 13.1 Å². The Kier molecular flexibility index (Phi) is 9.06. The third-order valence-electron chi connectivity index (χ3n) is 5.70. The fourth-order valence-electron chi connectivity index (χ4n) is 4.04. The standard InChI is InChI=1S/C26H38N4O2S/c1-21-10-11-23(33-21)18-29(13-12-22-8-6-5-7-9-22)20-25(32)30-16-14-28(15-17-30)19-24(31)27-26(2,3)4/h5-11H,12-20H2,1-4H3,(H,27,31). The molecular formula is C26H38N4O2S. The maximum atomic E-state index is 13.1. The van der Waals surface area contributed by atoms with Crippen molar-refractivity contribution >= 4 is 23.2 Å². The highest BCUT2D eigenvalue weighted by Gasteiger charge is 2.25. The van der Waals surface area contributed by atoms with Crippen LogP contribution in [0.1, 0.15) is 36.1 Å². The molecule has 3 rings (SSSR count). The third-order valence-corrected chi connectivity index (χ3v) is 6.69. The lowest BCUT2D eigenvalue weighted by Gasteiger charge is -2.36. The summed E-state index contributed by atoms with van der Waals surface area (Å²) >= 11 is 1.80. The molecule has 0 spiro atoms. The summed E-state index contributed by atoms with van der Waals surface area (Å²) in [5, 5.41) is 3.01. The van der Waals surface area contributed by atoms with Crippen molar-refractivity contribution < 1.29 is 9.59 Å². The maximum Gasteiger partial charge on any atom is 0.236 e. The molecule has 1 N–H and O–H groups in total. The van der Waals surface area contributed by atoms with Gasteiger partial charge in [-0.05, 0) is 51.8 Å². The largest absolute Gasteiger partial charge is 0.350 e. The van der Waals surface area contributed by atoms with Gasteiger partial charge >= 0.3 is 0 Å². The zero-order valence-corrected chi connectivity index (χ0v) is 21.3. The van der Waals surface area contributed by atoms with Gasteiger partial charge in [0.2, 0.25) is 11.8 Å². The number of amides is 2. The van der Waals surface area contributed by atoms with Gasteiger partial charge in [0.1, 0.15) is 0 Å². The Morgan fingerprint density at radius 1 is 1.03 bits per heavy atom. The molecule has 0 unspecified atom stereocenters. The summed E-state index contributed by atoms with van der Waals surface area (Å²) in [6.45, 7) is 13.4. The molecule has 33 heavy (non-hydrogen) atoms. The van der Waals surface area contributed by atoms with E-state index in [4.69, 9.17) is 0 Å². The Hall–Kier alpha value is -2.22. The summed E-state index contributed by atoms with van der Waals surface area (Å²) in [4.78, 5) is 34.3. The Bertz CT molecular complexity index is 899. The third kappa shape index (κ3) is 8.91. The zero-order valence-electron chi connectivity index (χ0n) is 20.5. The van der Waals surface area contributed by atoms with Crippen molar-refractivity contribution in [2.45, 2.75) is 46.2 Å². The number of hydrogen-bond donors (Lipinski definition) is 1. The second-order valence-corrected chi connectivity index (χ2v) is 11.3. The van der Waals surface area contributed by atoms with Gasteiger partial charge in [-0.25, -0.2) is 0 Å². The fourth-order valence-corrected chi connectivity index (χ4v) is 4.98. The smallest absolute Gasteiger partial charge is 0.236 e. The van der Waals surface area contributed by atoms with Crippen molar-refractivity contribution in [3.63, 3.8) is 0 Å². The highest BCUT2D eigenvalue weighted by Crippen LogP contribution is 2.18. The number of piperazine rings is 1. The number of carbonyl (C=O) groups is 2. The highest BCUT2D eigenvalue weighted by atomic mass is 32.1. The van der Waals surface area contributed by atoms with E-state index >= 15 is 0 Å². The average Bonchev–Trinajstić information content (AvgIpc) is 3.16. The van der Waals surface area contributed by atoms with Gasteiger partial charge < -0.3 is 10.2 Å². The Balaban J connectivity index is 1.51. The molecule has 2 aromatic rings. The van der Waals surface area contributed by atoms with Gasteiger partial charge in [-0.2, -0.15) is 0 Å². The number of carbonyl (C=O) groups excluding carboxylic acids is 2. The minimum atomic E-state index is -0.223. The first kappa shape index (κ1) is 25.4. The van der Waals surface area contributed by atoms with Gasteiger partial charge in [-0.15, -0.1) is 11.3 Å². The van der Waals surface area contributed by atoms with E-state index in [0.29, 0.717) is 26.2 Å². The summed E-state index contributed by atoms with van der Waals surface area (Å²) in [6.07, 6.45) is 0.926. The molecule has 0 aliphatic carbocycles. The van der Waals surface area contributed by atoms with E-state index in [2.05, 4.69) is 58.4 Å². The molecule has 0 saturated carbocycles. The second kappa shape index (κ2) is 11.8. The van der Waals surface area contributed by atoms with E-state index in [9.17, 15) is 9.59 Å². The van der Waals surface area contributed by atoms with E-state index in [1.165, 1.54) is 15.3 Å². The number of rotatable bonds is 9. The van der Waals surface area contributed by atoms with E-state index in [-0.39, 0.29) is 17.4 Å². The summed E-state index contributed by atoms with van der Waals surface area (Å²) in [5.41, 5.74) is 1.07. The number of benzene rings is 1. The molecule has 0 radical (unpaired) electrons. The van der Waals surface area contributed by atoms with E-state index in [0.717, 1.165) is 32.6 Å². The highest BCUT2D eigenvalue weighted by molar-refractivity contribution is 7.11. The number of nitrogens with zero attached hydrogens (tertiary/aromatic N) is 3. The van der Waals surface area contributed by atoms with Gasteiger partial charge in [0.15, 0.2) is 0 Å². The molecule has 1 aromatic carbocycles. The summed E-state index contributed by atoms with van der Waals surface area (Å²) in [5.74, 6) is 0.218. The maximum absolute atomic E-state index is 13.1. The number of hydrogen-bond acceptors (Lipinski definition) is 5. The van der Waals surface area contributed by atoms with Crippen LogP contribution in [0.25, 0.3) is 0 Å². The van der Waals surface area contributed by atoms with Gasteiger partial charge in [0.25, 0.3) is 0 Å². The molecule has 0 bridgehead atoms. The van der Waals surface area contributed by atoms with Crippen LogP contribution in [0.5, 0.6) is 0 Å². The topological polar surface area (TPSA) is 55.9 Å². The van der Waals surface area contributed by atoms with E-state index < -0.39 is 0 Å². The van der Waals surface area contributed by atoms with Crippen molar-refractivity contribution in [3.05, 3.63) is 57.8 Å². The van der Waals surface area contributed by atoms with Crippen LogP contribution in [0.4, 0.5) is 0 Å². The van der Waals surface area contributed by atoms with Crippen molar-refractivity contribution in [2.24, 2.45) is 0 Å². The lowest BCUT2D eigenvalue weighted by atomic mass is 10.1. The van der Waals surface area contributed by atoms with Gasteiger partial charge in [0, 0.05) is 54.6 Å². The number of thiophene rings is 1. The molecule has 6 nitrogen and oxygen atoms in total. The van der Waals surface area contributed by atoms with Crippen molar-refractivity contribution in [3.8, 4) is 0 Å². The molecular weight excluding hydrogens is 432 g/mol. The molecule has 1 aliphatic heterocycles. The van der Waals surface area contributed by atoms with Crippen LogP contribution >= 0.6 is 11.3 Å². The molecule has 1 fully saturated rings. The van der Waals surface area contributed by atoms with Gasteiger partial charge in [-0.1, -0.05) is 30.3 Å². The molecule has 2 amide bonds. The first-order valence-electron chi connectivity index (χ1n) is 11.8. The molecule has 2 heterocycles. The minimum absolute atomic E-state index is 0.0422. The van der Waals surface area contributed by atoms with Gasteiger partial charge in [-0.3, -0.25) is 19.4 Å². The fraction of sp³-hybridized carbons (Fsp3) is 0.538. The van der Waals surface area contributed by atoms with Crippen LogP contribution < -0.4 is 5.32 Å². The SMILES string of the molecule is Cc1ccc(CN(CCc2ccccc2)CC(=O)N2CCN(CC(=O)NC(C)(C)C)CC2)s1. The minimum Gasteiger partial charge on any atom is -0.350 e. The van der Waals surface area contributed by atoms with Crippen LogP contribution in [0.15, 0.2) is 42.5 Å². The van der Waals surface area contributed by atoms with E-state index in [1.54, 1.807) is 11.3 Å². The van der Waals surface area contributed by atoms with Crippen LogP contribution in [-0.4, -0.2) is 77.9 Å². The quantitative estimate of drug-likeness (QED) is 0.612. The van der Waals surface area contributed by atoms with Crippen LogP contribution in [-0.2, 0) is 22.6 Å². The zero-order chi connectivity index (χ0) is 23.8. The Morgan fingerprint density at radius 3 is 2.33 bits per heavy atom. The van der Waals surface area contributed by atoms with Crippen LogP contribution in [0, 0.1) is 6.92 Å². The lowest BCUT2D eigenvalue weighted by molar-refractivity contribution is -0.134. The van der Waals surface area contributed by atoms with Crippen molar-refractivity contribution in [2.75, 3.05) is 45.8 Å². The predicted octanol–water partition coefficient (Wildman–Crippen LogP) is 3.16. The normalized spacial score (nSPS) is 15.1. The Labute approximate surface area is 202 Å². The molecule has 180 valence electrons. The molecule has 0 atom stereocenters. The molecule has 1 aliphatic rings. The lowest BCUT2D eigenvalue weighted by Crippen LogP contribution is -2.54. The van der Waals surface area contributed by atoms with Crippen LogP contribution in [0.2, 0.25) is 0 Å². The summed E-state index contributed by atoms with van der Waals surface area (Å²) in [6, 6.07) is 14.8. The number of aryl methyl sites for hydroxylation is 1. The Morgan fingerprint density at radius 2 is 1.73 bits per heavy atom. The first-order valence-corrected chi connectivity index (χ1v) is 12.6. The first-order chi connectivity index (χ1) is 15.7. The number of nitrogens with one attached hydrogen (secondary N) is 1. The van der Waals surface area contributed by atoms with E-state index in [1.807, 2.05) is 31.7 Å². The molecule has 1 aromatic heterocycles. The average molecular weight is 471 g/mol.